The molecule has 5 nitrogen and oxygen atoms in total. The molecule has 5 N–H and O–H groups in total. The van der Waals surface area contributed by atoms with Crippen molar-refractivity contribution < 1.29 is 0 Å². The van der Waals surface area contributed by atoms with Gasteiger partial charge in [0.2, 0.25) is 0 Å². The van der Waals surface area contributed by atoms with E-state index in [1.807, 2.05) is 25.1 Å². The minimum atomic E-state index is 0.887. The zero-order valence-corrected chi connectivity index (χ0v) is 6.78. The highest BCUT2D eigenvalue weighted by atomic mass is 16.0. The molecule has 1 heterocycles. The predicted molar refractivity (Wildman–Crippen MR) is 47.5 cm³/mol. The monoisotopic (exact) mass is 165 g/mol. The third-order valence-corrected chi connectivity index (χ3v) is 1.96. The van der Waals surface area contributed by atoms with Gasteiger partial charge in [0, 0.05) is 0 Å². The molecule has 2 rings (SSSR count). The number of anilines is 2. The fourth-order valence-corrected chi connectivity index (χ4v) is 1.27. The third kappa shape index (κ3) is 0.845. The molecule has 1 aliphatic rings. The van der Waals surface area contributed by atoms with Gasteiger partial charge in [-0.2, -0.15) is 0 Å². The molecular weight excluding hydrogens is 154 g/mol. The zero-order valence-electron chi connectivity index (χ0n) is 6.78. The Morgan fingerprint density at radius 3 is 2.75 bits per heavy atom. The van der Waals surface area contributed by atoms with Crippen molar-refractivity contribution in [1.82, 2.24) is 5.23 Å². The van der Waals surface area contributed by atoms with Crippen LogP contribution in [0.15, 0.2) is 18.2 Å². The number of nitrogens with two attached hydrogens (primary N) is 2. The van der Waals surface area contributed by atoms with Crippen LogP contribution < -0.4 is 22.2 Å². The van der Waals surface area contributed by atoms with E-state index in [4.69, 9.17) is 11.7 Å². The number of fused-ring (bicyclic) bond motifs is 1. The summed E-state index contributed by atoms with van der Waals surface area (Å²) in [6.45, 7) is 2.00. The minimum absolute atomic E-state index is 0.887. The van der Waals surface area contributed by atoms with Crippen molar-refractivity contribution in [3.63, 3.8) is 0 Å². The molecule has 0 spiro atoms. The van der Waals surface area contributed by atoms with E-state index in [0.717, 1.165) is 16.9 Å². The van der Waals surface area contributed by atoms with Gasteiger partial charge in [-0.1, -0.05) is 17.4 Å². The zero-order chi connectivity index (χ0) is 8.72. The van der Waals surface area contributed by atoms with Crippen LogP contribution in [-0.4, -0.2) is 5.23 Å². The van der Waals surface area contributed by atoms with E-state index < -0.39 is 0 Å². The molecule has 0 atom stereocenters. The first-order valence-corrected chi connectivity index (χ1v) is 3.66. The number of nitrogens with zero attached hydrogens (tertiary/aromatic N) is 2. The summed E-state index contributed by atoms with van der Waals surface area (Å²) in [7, 11) is 0. The topological polar surface area (TPSA) is 70.5 Å². The molecule has 1 aromatic carbocycles. The Morgan fingerprint density at radius 2 is 2.08 bits per heavy atom. The van der Waals surface area contributed by atoms with Crippen molar-refractivity contribution in [2.24, 2.45) is 11.7 Å². The summed E-state index contributed by atoms with van der Waals surface area (Å²) in [6.07, 6.45) is 0. The van der Waals surface area contributed by atoms with Crippen molar-refractivity contribution in [2.75, 3.05) is 10.5 Å². The Morgan fingerprint density at radius 1 is 1.33 bits per heavy atom. The molecule has 0 amide bonds. The molecule has 0 aromatic heterocycles. The van der Waals surface area contributed by atoms with E-state index in [1.165, 1.54) is 10.3 Å². The lowest BCUT2D eigenvalue weighted by Crippen LogP contribution is -2.50. The van der Waals surface area contributed by atoms with E-state index in [2.05, 4.69) is 5.43 Å². The van der Waals surface area contributed by atoms with E-state index in [9.17, 15) is 0 Å². The molecule has 0 fully saturated rings. The maximum atomic E-state index is 5.63. The van der Waals surface area contributed by atoms with E-state index >= 15 is 0 Å². The van der Waals surface area contributed by atoms with Crippen molar-refractivity contribution in [2.45, 2.75) is 6.92 Å². The summed E-state index contributed by atoms with van der Waals surface area (Å²) < 4.78 is 0. The summed E-state index contributed by atoms with van der Waals surface area (Å²) in [4.78, 5) is 0. The molecule has 1 aliphatic heterocycles. The van der Waals surface area contributed by atoms with Crippen LogP contribution in [0.25, 0.3) is 0 Å². The quantitative estimate of drug-likeness (QED) is 0.476. The highest BCUT2D eigenvalue weighted by molar-refractivity contribution is 5.75. The van der Waals surface area contributed by atoms with Gasteiger partial charge < -0.3 is 0 Å². The third-order valence-electron chi connectivity index (χ3n) is 1.96. The van der Waals surface area contributed by atoms with Gasteiger partial charge in [0.15, 0.2) is 0 Å². The van der Waals surface area contributed by atoms with Gasteiger partial charge in [-0.3, -0.25) is 5.43 Å². The molecule has 0 unspecified atom stereocenters. The van der Waals surface area contributed by atoms with Gasteiger partial charge >= 0.3 is 0 Å². The second-order valence-corrected chi connectivity index (χ2v) is 2.77. The van der Waals surface area contributed by atoms with Crippen LogP contribution >= 0.6 is 0 Å². The second kappa shape index (κ2) is 2.34. The van der Waals surface area contributed by atoms with Crippen LogP contribution in [-0.2, 0) is 0 Å². The molecule has 0 saturated carbocycles. The van der Waals surface area contributed by atoms with Crippen molar-refractivity contribution in [1.29, 1.82) is 0 Å². The first-order valence-electron chi connectivity index (χ1n) is 3.66. The summed E-state index contributed by atoms with van der Waals surface area (Å²) in [5, 5.41) is 2.61. The lowest BCUT2D eigenvalue weighted by Gasteiger charge is -2.17. The van der Waals surface area contributed by atoms with Crippen LogP contribution in [0.4, 0.5) is 11.4 Å². The number of nitrogens with one attached hydrogen (secondary N) is 1. The standard InChI is InChI=1S/C7H11N5/c1-5-3-2-4-6-7(5)10-12(9)11(6)8/h2-4,10H,8-9H2,1H3. The number of hydrazine groups is 4. The van der Waals surface area contributed by atoms with Gasteiger partial charge in [0.25, 0.3) is 0 Å². The largest absolute Gasteiger partial charge is 0.284 e. The number of hydrogen-bond donors (Lipinski definition) is 3. The summed E-state index contributed by atoms with van der Waals surface area (Å²) >= 11 is 0. The van der Waals surface area contributed by atoms with Crippen LogP contribution in [0.1, 0.15) is 5.56 Å². The molecule has 0 radical (unpaired) electrons. The lowest BCUT2D eigenvalue weighted by atomic mass is 10.2. The lowest BCUT2D eigenvalue weighted by molar-refractivity contribution is 0.333. The SMILES string of the molecule is Cc1cccc2c1NN(N)N2N. The summed E-state index contributed by atoms with van der Waals surface area (Å²) in [5.74, 6) is 11.2. The molecule has 0 aliphatic carbocycles. The van der Waals surface area contributed by atoms with Crippen LogP contribution in [0, 0.1) is 6.92 Å². The van der Waals surface area contributed by atoms with Crippen LogP contribution in [0.3, 0.4) is 0 Å². The summed E-state index contributed by atoms with van der Waals surface area (Å²) in [5.41, 5.74) is 5.90. The van der Waals surface area contributed by atoms with Gasteiger partial charge in [0.05, 0.1) is 11.4 Å². The van der Waals surface area contributed by atoms with Crippen LogP contribution in [0.5, 0.6) is 0 Å². The van der Waals surface area contributed by atoms with E-state index in [1.54, 1.807) is 0 Å². The molecule has 0 bridgehead atoms. The molecule has 0 saturated heterocycles. The number of para-hydroxylation sites is 1. The normalized spacial score (nSPS) is 16.1. The van der Waals surface area contributed by atoms with Crippen molar-refractivity contribution in [3.8, 4) is 0 Å². The molecule has 12 heavy (non-hydrogen) atoms. The fourth-order valence-electron chi connectivity index (χ4n) is 1.27. The number of benzene rings is 1. The van der Waals surface area contributed by atoms with Gasteiger partial charge in [-0.25, -0.2) is 16.8 Å². The second-order valence-electron chi connectivity index (χ2n) is 2.77. The Kier molecular flexibility index (Phi) is 1.44. The Hall–Kier alpha value is -1.30. The Labute approximate surface area is 70.4 Å². The average Bonchev–Trinajstić information content (AvgIpc) is 2.32. The smallest absolute Gasteiger partial charge is 0.0983 e. The van der Waals surface area contributed by atoms with Gasteiger partial charge in [-0.15, -0.1) is 0 Å². The van der Waals surface area contributed by atoms with Crippen molar-refractivity contribution >= 4 is 11.4 Å². The maximum Gasteiger partial charge on any atom is 0.0983 e. The number of rotatable bonds is 0. The molecule has 1 aromatic rings. The average molecular weight is 165 g/mol. The number of aryl methyl sites for hydroxylation is 1. The molecule has 5 heteroatoms. The summed E-state index contributed by atoms with van der Waals surface area (Å²) in [6, 6.07) is 5.84. The Balaban J connectivity index is 2.53. The predicted octanol–water partition coefficient (Wildman–Crippen LogP) is 0.106. The first kappa shape index (κ1) is 7.35. The fraction of sp³-hybridized carbons (Fsp3) is 0.143. The van der Waals surface area contributed by atoms with Gasteiger partial charge in [0.1, 0.15) is 0 Å². The maximum absolute atomic E-state index is 5.63. The Bertz CT molecular complexity index is 311. The molecule has 64 valence electrons. The highest BCUT2D eigenvalue weighted by Crippen LogP contribution is 2.32. The molecular formula is C7H11N5. The van der Waals surface area contributed by atoms with Crippen molar-refractivity contribution in [3.05, 3.63) is 23.8 Å². The highest BCUT2D eigenvalue weighted by Gasteiger charge is 2.22. The number of hydrogen-bond acceptors (Lipinski definition) is 5. The minimum Gasteiger partial charge on any atom is -0.284 e. The van der Waals surface area contributed by atoms with E-state index in [-0.39, 0.29) is 0 Å². The van der Waals surface area contributed by atoms with Crippen LogP contribution in [0.2, 0.25) is 0 Å². The first-order chi connectivity index (χ1) is 5.70. The van der Waals surface area contributed by atoms with E-state index in [0.29, 0.717) is 0 Å². The van der Waals surface area contributed by atoms with Gasteiger partial charge in [-0.05, 0) is 18.6 Å².